The van der Waals surface area contributed by atoms with Crippen LogP contribution < -0.4 is 4.90 Å². The molecule has 0 saturated heterocycles. The number of nitrogens with zero attached hydrogens (tertiary/aromatic N) is 1. The van der Waals surface area contributed by atoms with Crippen molar-refractivity contribution in [1.29, 1.82) is 0 Å². The maximum absolute atomic E-state index is 10.9. The molecule has 5 nitrogen and oxygen atoms in total. The van der Waals surface area contributed by atoms with Gasteiger partial charge in [0.05, 0.1) is 6.42 Å². The number of carbonyl (C=O) groups is 2. The van der Waals surface area contributed by atoms with Crippen LogP contribution in [-0.2, 0) is 4.79 Å². The summed E-state index contributed by atoms with van der Waals surface area (Å²) in [4.78, 5) is 26.6. The number of rotatable bonds is 6. The van der Waals surface area contributed by atoms with Gasteiger partial charge in [0.25, 0.3) is 0 Å². The lowest BCUT2D eigenvalue weighted by Gasteiger charge is -2.22. The Labute approximate surface area is 110 Å². The van der Waals surface area contributed by atoms with Gasteiger partial charge in [-0.25, -0.2) is 0 Å². The van der Waals surface area contributed by atoms with Gasteiger partial charge < -0.3 is 15.0 Å². The number of anilines is 1. The first-order valence-corrected chi connectivity index (χ1v) is 6.18. The minimum absolute atomic E-state index is 0.0968. The first-order chi connectivity index (χ1) is 9.15. The average molecular weight is 260 g/mol. The molecule has 0 atom stereocenters. The topological polar surface area (TPSA) is 73.4 Å². The number of hydrogen-bond acceptors (Lipinski definition) is 3. The number of aromatic amines is 1. The third kappa shape index (κ3) is 2.76. The molecule has 2 aromatic rings. The minimum atomic E-state index is -0.810. The average Bonchev–Trinajstić information content (AvgIpc) is 2.81. The zero-order chi connectivity index (χ0) is 13.8. The van der Waals surface area contributed by atoms with E-state index >= 15 is 0 Å². The van der Waals surface area contributed by atoms with Crippen LogP contribution in [0.15, 0.2) is 24.4 Å². The summed E-state index contributed by atoms with van der Waals surface area (Å²) in [5.41, 5.74) is 2.45. The molecule has 0 aliphatic rings. The van der Waals surface area contributed by atoms with Crippen molar-refractivity contribution < 1.29 is 14.7 Å². The van der Waals surface area contributed by atoms with E-state index in [1.165, 1.54) is 0 Å². The predicted molar refractivity (Wildman–Crippen MR) is 73.8 cm³/mol. The van der Waals surface area contributed by atoms with Gasteiger partial charge in [0.15, 0.2) is 6.29 Å². The summed E-state index contributed by atoms with van der Waals surface area (Å²) < 4.78 is 0. The van der Waals surface area contributed by atoms with Crippen LogP contribution >= 0.6 is 0 Å². The molecule has 2 N–H and O–H groups in total. The third-order valence-corrected chi connectivity index (χ3v) is 3.17. The lowest BCUT2D eigenvalue weighted by molar-refractivity contribution is -0.136. The summed E-state index contributed by atoms with van der Waals surface area (Å²) in [6.07, 6.45) is 2.59. The van der Waals surface area contributed by atoms with Crippen molar-refractivity contribution in [2.24, 2.45) is 0 Å². The molecule has 0 bridgehead atoms. The highest BCUT2D eigenvalue weighted by molar-refractivity contribution is 5.98. The van der Waals surface area contributed by atoms with E-state index in [4.69, 9.17) is 5.11 Å². The van der Waals surface area contributed by atoms with Gasteiger partial charge in [-0.05, 0) is 25.1 Å². The smallest absolute Gasteiger partial charge is 0.305 e. The number of carbonyl (C=O) groups excluding carboxylic acids is 1. The molecule has 0 unspecified atom stereocenters. The molecule has 1 heterocycles. The van der Waals surface area contributed by atoms with Gasteiger partial charge >= 0.3 is 5.97 Å². The molecule has 0 saturated carbocycles. The summed E-state index contributed by atoms with van der Waals surface area (Å²) in [6.45, 7) is 3.15. The van der Waals surface area contributed by atoms with E-state index in [-0.39, 0.29) is 6.42 Å². The van der Waals surface area contributed by atoms with Crippen LogP contribution in [-0.4, -0.2) is 35.4 Å². The Balaban J connectivity index is 2.31. The van der Waals surface area contributed by atoms with Crippen LogP contribution in [0.1, 0.15) is 23.7 Å². The summed E-state index contributed by atoms with van der Waals surface area (Å²) in [5, 5.41) is 9.61. The number of aromatic nitrogens is 1. The fourth-order valence-corrected chi connectivity index (χ4v) is 2.12. The van der Waals surface area contributed by atoms with E-state index < -0.39 is 5.97 Å². The van der Waals surface area contributed by atoms with Gasteiger partial charge in [-0.2, -0.15) is 0 Å². The molecule has 0 radical (unpaired) electrons. The zero-order valence-corrected chi connectivity index (χ0v) is 10.7. The van der Waals surface area contributed by atoms with Gasteiger partial charge in [-0.3, -0.25) is 9.59 Å². The molecule has 0 spiro atoms. The van der Waals surface area contributed by atoms with Crippen LogP contribution in [0.4, 0.5) is 5.69 Å². The Morgan fingerprint density at radius 2 is 2.26 bits per heavy atom. The van der Waals surface area contributed by atoms with E-state index in [2.05, 4.69) is 4.98 Å². The van der Waals surface area contributed by atoms with E-state index in [1.807, 2.05) is 30.0 Å². The predicted octanol–water partition coefficient (Wildman–Crippen LogP) is 2.28. The second-order valence-electron chi connectivity index (χ2n) is 4.32. The Kier molecular flexibility index (Phi) is 3.85. The molecule has 0 aliphatic carbocycles. The molecular formula is C14H16N2O3. The molecule has 0 amide bonds. The summed E-state index contributed by atoms with van der Waals surface area (Å²) >= 11 is 0. The number of H-pyrrole nitrogens is 1. The SMILES string of the molecule is CCN(CCC(=O)O)c1ccc2[nH]cc(C=O)c2c1. The van der Waals surface area contributed by atoms with E-state index in [9.17, 15) is 9.59 Å². The number of nitrogens with one attached hydrogen (secondary N) is 1. The summed E-state index contributed by atoms with van der Waals surface area (Å²) in [6, 6.07) is 5.75. The van der Waals surface area contributed by atoms with Crippen molar-refractivity contribution in [3.05, 3.63) is 30.0 Å². The van der Waals surface area contributed by atoms with Gasteiger partial charge in [-0.1, -0.05) is 0 Å². The Hall–Kier alpha value is -2.30. The first-order valence-electron chi connectivity index (χ1n) is 6.18. The van der Waals surface area contributed by atoms with Crippen LogP contribution in [0.3, 0.4) is 0 Å². The van der Waals surface area contributed by atoms with Crippen LogP contribution in [0.25, 0.3) is 10.9 Å². The van der Waals surface area contributed by atoms with Gasteiger partial charge in [0.2, 0.25) is 0 Å². The molecule has 1 aromatic carbocycles. The Morgan fingerprint density at radius 3 is 2.89 bits per heavy atom. The van der Waals surface area contributed by atoms with E-state index in [0.29, 0.717) is 12.1 Å². The molecule has 0 fully saturated rings. The molecule has 100 valence electrons. The Morgan fingerprint density at radius 1 is 1.47 bits per heavy atom. The highest BCUT2D eigenvalue weighted by atomic mass is 16.4. The molecular weight excluding hydrogens is 244 g/mol. The number of aldehydes is 1. The van der Waals surface area contributed by atoms with Crippen molar-refractivity contribution >= 4 is 28.8 Å². The molecule has 2 rings (SSSR count). The van der Waals surface area contributed by atoms with Crippen LogP contribution in [0, 0.1) is 0 Å². The molecule has 5 heteroatoms. The molecule has 0 aliphatic heterocycles. The van der Waals surface area contributed by atoms with Gasteiger partial charge in [0, 0.05) is 41.4 Å². The zero-order valence-electron chi connectivity index (χ0n) is 10.7. The quantitative estimate of drug-likeness (QED) is 0.781. The number of fused-ring (bicyclic) bond motifs is 1. The third-order valence-electron chi connectivity index (χ3n) is 3.17. The highest BCUT2D eigenvalue weighted by Gasteiger charge is 2.09. The van der Waals surface area contributed by atoms with Crippen molar-refractivity contribution in [1.82, 2.24) is 4.98 Å². The molecule has 1 aromatic heterocycles. The number of benzene rings is 1. The molecule has 19 heavy (non-hydrogen) atoms. The van der Waals surface area contributed by atoms with Crippen LogP contribution in [0.2, 0.25) is 0 Å². The maximum Gasteiger partial charge on any atom is 0.305 e. The van der Waals surface area contributed by atoms with Crippen molar-refractivity contribution in [3.8, 4) is 0 Å². The maximum atomic E-state index is 10.9. The monoisotopic (exact) mass is 260 g/mol. The van der Waals surface area contributed by atoms with E-state index in [0.717, 1.165) is 29.4 Å². The largest absolute Gasteiger partial charge is 0.481 e. The fraction of sp³-hybridized carbons (Fsp3) is 0.286. The normalized spacial score (nSPS) is 10.6. The van der Waals surface area contributed by atoms with Crippen molar-refractivity contribution in [3.63, 3.8) is 0 Å². The highest BCUT2D eigenvalue weighted by Crippen LogP contribution is 2.24. The number of hydrogen-bond donors (Lipinski definition) is 2. The minimum Gasteiger partial charge on any atom is -0.481 e. The summed E-state index contributed by atoms with van der Waals surface area (Å²) in [5.74, 6) is -0.810. The standard InChI is InChI=1S/C14H16N2O3/c1-2-16(6-5-14(18)19)11-3-4-13-12(7-11)10(9-17)8-15-13/h3-4,7-9,15H,2,5-6H2,1H3,(H,18,19). The van der Waals surface area contributed by atoms with Gasteiger partial charge in [-0.15, -0.1) is 0 Å². The van der Waals surface area contributed by atoms with Crippen LogP contribution in [0.5, 0.6) is 0 Å². The number of aliphatic carboxylic acids is 1. The lowest BCUT2D eigenvalue weighted by Crippen LogP contribution is -2.25. The number of carboxylic acid groups (broad SMARTS) is 1. The first kappa shape index (κ1) is 13.1. The number of carboxylic acids is 1. The van der Waals surface area contributed by atoms with Crippen molar-refractivity contribution in [2.45, 2.75) is 13.3 Å². The summed E-state index contributed by atoms with van der Waals surface area (Å²) in [7, 11) is 0. The van der Waals surface area contributed by atoms with Crippen molar-refractivity contribution in [2.75, 3.05) is 18.0 Å². The van der Waals surface area contributed by atoms with E-state index in [1.54, 1.807) is 6.20 Å². The second kappa shape index (κ2) is 5.56. The Bertz CT molecular complexity index is 604. The fourth-order valence-electron chi connectivity index (χ4n) is 2.12. The second-order valence-corrected chi connectivity index (χ2v) is 4.32. The van der Waals surface area contributed by atoms with Gasteiger partial charge in [0.1, 0.15) is 0 Å². The lowest BCUT2D eigenvalue weighted by atomic mass is 10.1.